The average molecular weight is 555 g/mol. The highest BCUT2D eigenvalue weighted by Gasteiger charge is 2.39. The fourth-order valence-electron chi connectivity index (χ4n) is 6.79. The van der Waals surface area contributed by atoms with Crippen LogP contribution in [0, 0.1) is 0 Å². The van der Waals surface area contributed by atoms with E-state index in [1.165, 1.54) is 34.5 Å². The summed E-state index contributed by atoms with van der Waals surface area (Å²) in [7, 11) is 2.17. The second-order valence-corrected chi connectivity index (χ2v) is 12.7. The number of carbonyl (C=O) groups is 1. The van der Waals surface area contributed by atoms with Crippen LogP contribution < -0.4 is 14.5 Å². The third-order valence-corrected chi connectivity index (χ3v) is 9.42. The van der Waals surface area contributed by atoms with Crippen LogP contribution in [0.1, 0.15) is 44.9 Å². The average Bonchev–Trinajstić information content (AvgIpc) is 3.31. The van der Waals surface area contributed by atoms with E-state index in [-0.39, 0.29) is 17.0 Å². The molecule has 0 spiro atoms. The highest BCUT2D eigenvalue weighted by molar-refractivity contribution is 5.94. The Bertz CT molecular complexity index is 1470. The van der Waals surface area contributed by atoms with Crippen LogP contribution >= 0.6 is 0 Å². The predicted octanol–water partition coefficient (Wildman–Crippen LogP) is 4.67. The second kappa shape index (κ2) is 10.6. The summed E-state index contributed by atoms with van der Waals surface area (Å²) in [6, 6.07) is 15.5. The third-order valence-electron chi connectivity index (χ3n) is 9.42. The number of benzene rings is 2. The Labute approximate surface area is 243 Å². The van der Waals surface area contributed by atoms with Gasteiger partial charge in [-0.2, -0.15) is 9.97 Å². The van der Waals surface area contributed by atoms with Gasteiger partial charge in [-0.15, -0.1) is 0 Å². The van der Waals surface area contributed by atoms with Crippen LogP contribution in [0.15, 0.2) is 55.1 Å². The molecule has 4 heterocycles. The number of hydrogen-bond acceptors (Lipinski definition) is 7. The lowest BCUT2D eigenvalue weighted by molar-refractivity contribution is -0.127. The number of likely N-dealkylation sites (tertiary alicyclic amines) is 1. The molecule has 3 aromatic rings. The van der Waals surface area contributed by atoms with E-state index < -0.39 is 0 Å². The van der Waals surface area contributed by atoms with Gasteiger partial charge in [-0.25, -0.2) is 0 Å². The molecule has 3 aliphatic heterocycles. The molecule has 6 rings (SSSR count). The number of anilines is 2. The van der Waals surface area contributed by atoms with Gasteiger partial charge in [0, 0.05) is 42.8 Å². The fourth-order valence-corrected chi connectivity index (χ4v) is 6.79. The molecule has 1 aromatic heterocycles. The summed E-state index contributed by atoms with van der Waals surface area (Å²) in [5, 5.41) is 2.50. The fraction of sp³-hybridized carbons (Fsp3) is 0.485. The molecule has 8 heteroatoms. The molecule has 216 valence electrons. The normalized spacial score (nSPS) is 22.6. The van der Waals surface area contributed by atoms with Crippen molar-refractivity contribution < 1.29 is 9.53 Å². The number of ether oxygens (including phenoxy) is 1. The maximum absolute atomic E-state index is 12.5. The number of piperazine rings is 1. The van der Waals surface area contributed by atoms with E-state index in [1.54, 1.807) is 0 Å². The van der Waals surface area contributed by atoms with Crippen LogP contribution in [-0.4, -0.2) is 83.1 Å². The maximum atomic E-state index is 12.5. The van der Waals surface area contributed by atoms with Crippen LogP contribution in [0.4, 0.5) is 11.5 Å². The molecule has 1 unspecified atom stereocenters. The van der Waals surface area contributed by atoms with E-state index in [0.29, 0.717) is 38.8 Å². The van der Waals surface area contributed by atoms with Crippen molar-refractivity contribution in [2.75, 3.05) is 56.2 Å². The maximum Gasteiger partial charge on any atom is 0.318 e. The van der Waals surface area contributed by atoms with Crippen LogP contribution in [-0.2, 0) is 17.8 Å². The van der Waals surface area contributed by atoms with Crippen molar-refractivity contribution >= 4 is 28.2 Å². The summed E-state index contributed by atoms with van der Waals surface area (Å²) < 4.78 is 6.43. The van der Waals surface area contributed by atoms with Crippen molar-refractivity contribution in [2.45, 2.75) is 57.7 Å². The number of amides is 1. The number of likely N-dealkylation sites (N-methyl/N-ethyl adjacent to an activating group) is 1. The lowest BCUT2D eigenvalue weighted by Gasteiger charge is -2.48. The van der Waals surface area contributed by atoms with E-state index in [1.807, 2.05) is 4.90 Å². The molecule has 3 aliphatic rings. The number of hydrogen-bond donors (Lipinski definition) is 0. The summed E-state index contributed by atoms with van der Waals surface area (Å²) >= 11 is 0. The van der Waals surface area contributed by atoms with Gasteiger partial charge in [0.2, 0.25) is 5.91 Å². The van der Waals surface area contributed by atoms with Gasteiger partial charge in [0.15, 0.2) is 0 Å². The molecule has 2 saturated heterocycles. The van der Waals surface area contributed by atoms with Gasteiger partial charge in [-0.3, -0.25) is 9.69 Å². The van der Waals surface area contributed by atoms with Gasteiger partial charge < -0.3 is 19.4 Å². The monoisotopic (exact) mass is 554 g/mol. The second-order valence-electron chi connectivity index (χ2n) is 12.7. The van der Waals surface area contributed by atoms with Crippen LogP contribution in [0.3, 0.4) is 0 Å². The Morgan fingerprint density at radius 1 is 1.05 bits per heavy atom. The minimum absolute atomic E-state index is 0.0221. The Hall–Kier alpha value is -3.65. The summed E-state index contributed by atoms with van der Waals surface area (Å²) in [4.78, 5) is 31.7. The van der Waals surface area contributed by atoms with Crippen LogP contribution in [0.5, 0.6) is 6.01 Å². The summed E-state index contributed by atoms with van der Waals surface area (Å²) in [5.74, 6) is 0.925. The molecule has 0 aliphatic carbocycles. The lowest BCUT2D eigenvalue weighted by atomic mass is 9.95. The first-order valence-electron chi connectivity index (χ1n) is 14.8. The van der Waals surface area contributed by atoms with Crippen LogP contribution in [0.25, 0.3) is 10.8 Å². The van der Waals surface area contributed by atoms with E-state index >= 15 is 0 Å². The molecule has 1 amide bonds. The first-order chi connectivity index (χ1) is 19.7. The molecular weight excluding hydrogens is 512 g/mol. The van der Waals surface area contributed by atoms with E-state index in [9.17, 15) is 4.79 Å². The van der Waals surface area contributed by atoms with E-state index in [4.69, 9.17) is 14.7 Å². The van der Waals surface area contributed by atoms with Gasteiger partial charge in [-0.05, 0) is 71.2 Å². The first-order valence-corrected chi connectivity index (χ1v) is 14.8. The van der Waals surface area contributed by atoms with Crippen LogP contribution in [0.2, 0.25) is 0 Å². The summed E-state index contributed by atoms with van der Waals surface area (Å²) in [5.41, 5.74) is 3.11. The molecular formula is C33H42N6O2. The van der Waals surface area contributed by atoms with E-state index in [2.05, 4.69) is 91.6 Å². The first kappa shape index (κ1) is 27.5. The molecule has 2 fully saturated rings. The molecule has 0 radical (unpaired) electrons. The molecule has 8 nitrogen and oxygen atoms in total. The Kier molecular flexibility index (Phi) is 7.14. The molecule has 0 bridgehead atoms. The SMILES string of the molecule is C=CC(=O)N1CCN(c2nc(OCC3(C)CCCN3C)nc3c2CCN(c2cccc4ccccc24)C3)C(C)(C)C1. The highest BCUT2D eigenvalue weighted by atomic mass is 16.5. The predicted molar refractivity (Wildman–Crippen MR) is 165 cm³/mol. The minimum atomic E-state index is -0.305. The molecule has 0 N–H and O–H groups in total. The molecule has 41 heavy (non-hydrogen) atoms. The van der Waals surface area contributed by atoms with E-state index in [0.717, 1.165) is 37.4 Å². The quantitative estimate of drug-likeness (QED) is 0.411. The smallest absolute Gasteiger partial charge is 0.318 e. The van der Waals surface area contributed by atoms with Crippen molar-refractivity contribution in [1.82, 2.24) is 19.8 Å². The highest BCUT2D eigenvalue weighted by Crippen LogP contribution is 2.37. The Morgan fingerprint density at radius 3 is 2.61 bits per heavy atom. The zero-order valence-electron chi connectivity index (χ0n) is 24.9. The van der Waals surface area contributed by atoms with Crippen molar-refractivity contribution in [1.29, 1.82) is 0 Å². The van der Waals surface area contributed by atoms with Crippen molar-refractivity contribution in [3.05, 3.63) is 66.4 Å². The van der Waals surface area contributed by atoms with Crippen molar-refractivity contribution in [3.8, 4) is 6.01 Å². The number of fused-ring (bicyclic) bond motifs is 2. The van der Waals surface area contributed by atoms with Gasteiger partial charge >= 0.3 is 6.01 Å². The van der Waals surface area contributed by atoms with Gasteiger partial charge in [0.05, 0.1) is 23.3 Å². The number of rotatable bonds is 6. The Morgan fingerprint density at radius 2 is 1.85 bits per heavy atom. The largest absolute Gasteiger partial charge is 0.461 e. The van der Waals surface area contributed by atoms with Crippen molar-refractivity contribution in [2.24, 2.45) is 0 Å². The van der Waals surface area contributed by atoms with Gasteiger partial charge in [0.25, 0.3) is 0 Å². The topological polar surface area (TPSA) is 65.0 Å². The number of aromatic nitrogens is 2. The standard InChI is InChI=1S/C33H42N6O2/c1-6-29(40)38-19-20-39(32(2,3)22-38)30-26-15-18-37(28-14-9-12-24-11-7-8-13-25(24)28)21-27(26)34-31(35-30)41-23-33(4)16-10-17-36(33)5/h6-9,11-14H,1,10,15-23H2,2-5H3. The lowest BCUT2D eigenvalue weighted by Crippen LogP contribution is -2.61. The summed E-state index contributed by atoms with van der Waals surface area (Å²) in [6.45, 7) is 15.5. The zero-order valence-corrected chi connectivity index (χ0v) is 24.9. The molecule has 1 atom stereocenters. The van der Waals surface area contributed by atoms with Gasteiger partial charge in [-0.1, -0.05) is 43.0 Å². The van der Waals surface area contributed by atoms with Crippen molar-refractivity contribution in [3.63, 3.8) is 0 Å². The number of carbonyl (C=O) groups excluding carboxylic acids is 1. The zero-order chi connectivity index (χ0) is 28.8. The number of nitrogens with zero attached hydrogens (tertiary/aromatic N) is 6. The summed E-state index contributed by atoms with van der Waals surface area (Å²) in [6.07, 6.45) is 4.53. The third kappa shape index (κ3) is 5.14. The Balaban J connectivity index is 1.36. The molecule has 2 aromatic carbocycles. The molecule has 0 saturated carbocycles. The minimum Gasteiger partial charge on any atom is -0.461 e. The van der Waals surface area contributed by atoms with Gasteiger partial charge in [0.1, 0.15) is 12.4 Å².